The summed E-state index contributed by atoms with van der Waals surface area (Å²) < 4.78 is 31.8. The molecule has 0 spiro atoms. The quantitative estimate of drug-likeness (QED) is 0.0368. The third-order valence-electron chi connectivity index (χ3n) is 14.0. The number of carbonyl (C=O) groups is 11. The zero-order valence-electron chi connectivity index (χ0n) is 50.1. The molecule has 1 heterocycles. The molecular formula is C59H85F2N11O14. The van der Waals surface area contributed by atoms with Gasteiger partial charge in [0.15, 0.2) is 0 Å². The van der Waals surface area contributed by atoms with Crippen LogP contribution in [0.5, 0.6) is 0 Å². The molecule has 0 fully saturated rings. The molecule has 0 radical (unpaired) electrons. The van der Waals surface area contributed by atoms with Gasteiger partial charge in [0.2, 0.25) is 53.2 Å². The summed E-state index contributed by atoms with van der Waals surface area (Å²) in [6, 6.07) is 4.05. The molecule has 0 aliphatic heterocycles. The number of carboxylic acid groups (broad SMARTS) is 2. The van der Waals surface area contributed by atoms with Crippen molar-refractivity contribution in [2.24, 2.45) is 11.1 Å². The van der Waals surface area contributed by atoms with E-state index >= 15 is 4.39 Å². The van der Waals surface area contributed by atoms with E-state index < -0.39 is 176 Å². The molecule has 25 nitrogen and oxygen atoms in total. The molecule has 0 bridgehead atoms. The number of carboxylic acids is 2. The van der Waals surface area contributed by atoms with E-state index in [1.807, 2.05) is 12.1 Å². The summed E-state index contributed by atoms with van der Waals surface area (Å²) in [6.07, 6.45) is 2.07. The second-order valence-electron chi connectivity index (χ2n) is 22.1. The third kappa shape index (κ3) is 24.0. The summed E-state index contributed by atoms with van der Waals surface area (Å²) >= 11 is 0. The van der Waals surface area contributed by atoms with Crippen molar-refractivity contribution in [3.63, 3.8) is 0 Å². The number of aliphatic carboxylic acids is 2. The van der Waals surface area contributed by atoms with Crippen molar-refractivity contribution in [1.29, 1.82) is 0 Å². The summed E-state index contributed by atoms with van der Waals surface area (Å²) in [5.74, 6) is -12.4. The van der Waals surface area contributed by atoms with E-state index in [4.69, 9.17) is 10.8 Å². The summed E-state index contributed by atoms with van der Waals surface area (Å²) in [5.41, 5.74) is 5.87. The maximum Gasteiger partial charge on any atom is 0.326 e. The smallest absolute Gasteiger partial charge is 0.326 e. The van der Waals surface area contributed by atoms with Crippen LogP contribution in [0.3, 0.4) is 0 Å². The van der Waals surface area contributed by atoms with E-state index in [0.717, 1.165) is 36.6 Å². The molecule has 1 aromatic heterocycles. The Labute approximate surface area is 499 Å². The van der Waals surface area contributed by atoms with Gasteiger partial charge in [-0.05, 0) is 101 Å². The number of aliphatic hydroxyl groups excluding tert-OH is 1. The van der Waals surface area contributed by atoms with Crippen LogP contribution in [0.25, 0.3) is 11.1 Å². The molecule has 9 amide bonds. The molecule has 3 aromatic rings. The molecule has 0 aliphatic rings. The second kappa shape index (κ2) is 35.2. The summed E-state index contributed by atoms with van der Waals surface area (Å²) in [7, 11) is 0. The monoisotopic (exact) mass is 1210 g/mol. The van der Waals surface area contributed by atoms with Gasteiger partial charge in [-0.2, -0.15) is 0 Å². The molecule has 3 rings (SSSR count). The molecule has 13 N–H and O–H groups in total. The van der Waals surface area contributed by atoms with Crippen molar-refractivity contribution in [2.45, 2.75) is 174 Å². The number of carbonyl (C=O) groups excluding carboxylic acids is 9. The van der Waals surface area contributed by atoms with E-state index in [9.17, 15) is 67.3 Å². The van der Waals surface area contributed by atoms with Crippen LogP contribution in [0.2, 0.25) is 0 Å². The Hall–Kier alpha value is -8.33. The van der Waals surface area contributed by atoms with Gasteiger partial charge in [-0.15, -0.1) is 0 Å². The Balaban J connectivity index is 1.98. The summed E-state index contributed by atoms with van der Waals surface area (Å²) in [6.45, 7) is 12.1. The maximum absolute atomic E-state index is 15.4. The summed E-state index contributed by atoms with van der Waals surface area (Å²) in [5, 5.41) is 49.6. The number of benzene rings is 2. The van der Waals surface area contributed by atoms with Crippen molar-refractivity contribution < 1.29 is 76.8 Å². The zero-order valence-corrected chi connectivity index (χ0v) is 50.1. The van der Waals surface area contributed by atoms with E-state index in [1.54, 1.807) is 55.8 Å². The Morgan fingerprint density at radius 2 is 1.29 bits per heavy atom. The highest BCUT2D eigenvalue weighted by Gasteiger charge is 2.39. The average molecular weight is 1210 g/mol. The molecule has 0 aliphatic carbocycles. The molecule has 2 aromatic carbocycles. The lowest BCUT2D eigenvalue weighted by Gasteiger charge is -2.41. The van der Waals surface area contributed by atoms with Gasteiger partial charge in [-0.25, -0.2) is 13.6 Å². The van der Waals surface area contributed by atoms with Crippen molar-refractivity contribution in [2.75, 3.05) is 26.2 Å². The van der Waals surface area contributed by atoms with Gasteiger partial charge in [-0.3, -0.25) is 47.9 Å². The number of halogens is 2. The van der Waals surface area contributed by atoms with Crippen LogP contribution in [0.1, 0.15) is 137 Å². The Kier molecular flexibility index (Phi) is 29.4. The van der Waals surface area contributed by atoms with E-state index in [-0.39, 0.29) is 24.1 Å². The highest BCUT2D eigenvalue weighted by molar-refractivity contribution is 5.97. The number of primary amides is 1. The van der Waals surface area contributed by atoms with Gasteiger partial charge in [-0.1, -0.05) is 65.0 Å². The van der Waals surface area contributed by atoms with Gasteiger partial charge in [0.05, 0.1) is 12.5 Å². The van der Waals surface area contributed by atoms with Crippen molar-refractivity contribution in [3.8, 4) is 11.1 Å². The largest absolute Gasteiger partial charge is 0.481 e. The minimum atomic E-state index is -1.83. The second-order valence-corrected chi connectivity index (χ2v) is 22.1. The van der Waals surface area contributed by atoms with Gasteiger partial charge >= 0.3 is 11.9 Å². The van der Waals surface area contributed by atoms with Gasteiger partial charge in [0.25, 0.3) is 0 Å². The number of hydrogen-bond acceptors (Lipinski definition) is 13. The van der Waals surface area contributed by atoms with Crippen molar-refractivity contribution in [3.05, 3.63) is 83.7 Å². The lowest BCUT2D eigenvalue weighted by Crippen LogP contribution is -2.59. The molecule has 86 heavy (non-hydrogen) atoms. The zero-order chi connectivity index (χ0) is 64.4. The van der Waals surface area contributed by atoms with E-state index in [0.29, 0.717) is 31.1 Å². The third-order valence-corrected chi connectivity index (χ3v) is 14.0. The maximum atomic E-state index is 15.4. The number of nitrogens with two attached hydrogens (primary N) is 1. The van der Waals surface area contributed by atoms with Crippen LogP contribution in [0.4, 0.5) is 8.78 Å². The minimum Gasteiger partial charge on any atom is -0.481 e. The first-order valence-corrected chi connectivity index (χ1v) is 28.6. The molecule has 0 saturated carbocycles. The first kappa shape index (κ1) is 71.9. The van der Waals surface area contributed by atoms with Crippen LogP contribution >= 0.6 is 0 Å². The number of nitrogens with one attached hydrogen (secondary N) is 8. The number of rotatable bonds is 37. The van der Waals surface area contributed by atoms with Crippen molar-refractivity contribution >= 4 is 65.1 Å². The molecule has 27 heteroatoms. The number of unbranched alkanes of at least 4 members (excludes halogenated alkanes) is 1. The van der Waals surface area contributed by atoms with Gasteiger partial charge in [0, 0.05) is 68.5 Å². The number of nitrogens with zero attached hydrogens (tertiary/aromatic N) is 2. The number of aromatic nitrogens is 1. The standard InChI is InChI=1S/C59H85F2N11O14/c1-9-40(10-2)63-25-15-14-18-43(67-36(5)74)56(83)66-34(3)53(80)65-35(4)54(81)70-46(30-48(62)75)57(84)69-44(55(82)64-26-23-49(76)68-45(58(85)86)21-22-51(78)79)24-27-72(50(77)33-73)52(59(6,7)8)47-28-38(41-29-39(60)19-20-42(41)61)32-71(47)31-37-16-12-11-13-17-37/h11-13,16-17,19-20,28-29,32,34-35,40,43-46,52,63,73H,9-10,14-15,18,21-27,30-31,33H2,1-8H3,(H2,62,75)(H,64,82)(H,65,80)(H,66,83)(H,67,74)(H,68,76)(H,69,84)(H,70,81)(H,78,79)(H,85,86)/t34-,35+,43-,44-,45+,46-,52-/m0/s1. The fourth-order valence-electron chi connectivity index (χ4n) is 9.49. The van der Waals surface area contributed by atoms with Crippen LogP contribution in [0, 0.1) is 17.0 Å². The predicted octanol–water partition coefficient (Wildman–Crippen LogP) is 2.03. The molecule has 7 atom stereocenters. The van der Waals surface area contributed by atoms with E-state index in [1.165, 1.54) is 25.7 Å². The molecular weight excluding hydrogens is 1120 g/mol. The molecule has 474 valence electrons. The topological polar surface area (TPSA) is 379 Å². The number of aliphatic hydroxyl groups is 1. The van der Waals surface area contributed by atoms with Crippen LogP contribution < -0.4 is 48.3 Å². The Morgan fingerprint density at radius 3 is 1.87 bits per heavy atom. The van der Waals surface area contributed by atoms with Crippen LogP contribution in [0.15, 0.2) is 60.8 Å². The molecule has 0 saturated heterocycles. The SMILES string of the molecule is CCC(CC)NCCCC[C@H](NC(C)=O)C(=O)N[C@@H](C)C(=O)N[C@H](C)C(=O)N[C@@H](CC(N)=O)C(=O)N[C@@H](CCN(C(=O)CO)[C@@H](c1cc(-c2cc(F)ccc2F)cn1Cc1ccccc1)C(C)(C)C)C(=O)NCCC(=O)N[C@H](CCC(=O)O)C(=O)O. The van der Waals surface area contributed by atoms with Crippen molar-refractivity contribution in [1.82, 2.24) is 52.0 Å². The first-order valence-electron chi connectivity index (χ1n) is 28.6. The van der Waals surface area contributed by atoms with E-state index in [2.05, 4.69) is 56.4 Å². The predicted molar refractivity (Wildman–Crippen MR) is 312 cm³/mol. The Morgan fingerprint density at radius 1 is 0.686 bits per heavy atom. The number of amides is 9. The normalized spacial score (nSPS) is 13.8. The average Bonchev–Trinajstić information content (AvgIpc) is 2.21. The number of hydrogen-bond donors (Lipinski definition) is 12. The molecule has 0 unspecified atom stereocenters. The van der Waals surface area contributed by atoms with Crippen LogP contribution in [-0.2, 0) is 59.3 Å². The lowest BCUT2D eigenvalue weighted by molar-refractivity contribution is -0.143. The highest BCUT2D eigenvalue weighted by Crippen LogP contribution is 2.41. The first-order chi connectivity index (χ1) is 40.5. The highest BCUT2D eigenvalue weighted by atomic mass is 19.1. The fraction of sp³-hybridized carbons (Fsp3) is 0.542. The summed E-state index contributed by atoms with van der Waals surface area (Å²) in [4.78, 5) is 145. The minimum absolute atomic E-state index is 0.0965. The van der Waals surface area contributed by atoms with Gasteiger partial charge < -0.3 is 73.1 Å². The lowest BCUT2D eigenvalue weighted by atomic mass is 9.82. The van der Waals surface area contributed by atoms with Crippen LogP contribution in [-0.4, -0.2) is 158 Å². The van der Waals surface area contributed by atoms with Gasteiger partial charge in [0.1, 0.15) is 54.5 Å². The Bertz CT molecular complexity index is 2830. The fourth-order valence-corrected chi connectivity index (χ4v) is 9.49.